The summed E-state index contributed by atoms with van der Waals surface area (Å²) in [5.74, 6) is 0. The first-order valence-corrected chi connectivity index (χ1v) is 6.09. The van der Waals surface area contributed by atoms with E-state index < -0.39 is 11.7 Å². The fourth-order valence-corrected chi connectivity index (χ4v) is 2.64. The van der Waals surface area contributed by atoms with Gasteiger partial charge < -0.3 is 10.6 Å². The van der Waals surface area contributed by atoms with Crippen molar-refractivity contribution < 1.29 is 13.2 Å². The Morgan fingerprint density at radius 1 is 1.22 bits per heavy atom. The average molecular weight is 256 g/mol. The molecule has 1 aliphatic heterocycles. The molecule has 18 heavy (non-hydrogen) atoms. The van der Waals surface area contributed by atoms with Crippen LogP contribution >= 0.6 is 0 Å². The quantitative estimate of drug-likeness (QED) is 0.881. The van der Waals surface area contributed by atoms with Crippen LogP contribution in [0.15, 0.2) is 18.2 Å². The van der Waals surface area contributed by atoms with E-state index in [-0.39, 0.29) is 6.54 Å². The largest absolute Gasteiger partial charge is 0.418 e. The second kappa shape index (κ2) is 3.63. The van der Waals surface area contributed by atoms with E-state index in [4.69, 9.17) is 5.73 Å². The van der Waals surface area contributed by atoms with E-state index in [1.165, 1.54) is 6.07 Å². The summed E-state index contributed by atoms with van der Waals surface area (Å²) >= 11 is 0. The molecule has 0 unspecified atom stereocenters. The Hall–Kier alpha value is -1.23. The Morgan fingerprint density at radius 2 is 1.89 bits per heavy atom. The molecule has 0 radical (unpaired) electrons. The third-order valence-corrected chi connectivity index (χ3v) is 3.95. The molecule has 5 heteroatoms. The van der Waals surface area contributed by atoms with E-state index in [1.807, 2.05) is 4.90 Å². The zero-order chi connectivity index (χ0) is 13.0. The van der Waals surface area contributed by atoms with Crippen LogP contribution in [0.2, 0.25) is 0 Å². The van der Waals surface area contributed by atoms with Gasteiger partial charge in [-0.05, 0) is 30.5 Å². The van der Waals surface area contributed by atoms with Crippen LogP contribution in [0.25, 0.3) is 0 Å². The minimum absolute atomic E-state index is 0.132. The molecule has 2 N–H and O–H groups in total. The number of hydrogen-bond acceptors (Lipinski definition) is 2. The van der Waals surface area contributed by atoms with Gasteiger partial charge in [0.1, 0.15) is 0 Å². The van der Waals surface area contributed by atoms with Crippen LogP contribution in [0.3, 0.4) is 0 Å². The van der Waals surface area contributed by atoms with Crippen molar-refractivity contribution in [2.24, 2.45) is 11.1 Å². The van der Waals surface area contributed by atoms with Crippen LogP contribution < -0.4 is 10.6 Å². The molecule has 3 rings (SSSR count). The van der Waals surface area contributed by atoms with E-state index >= 15 is 0 Å². The lowest BCUT2D eigenvalue weighted by atomic mass is 9.94. The molecule has 2 fully saturated rings. The molecule has 0 amide bonds. The predicted molar refractivity (Wildman–Crippen MR) is 63.2 cm³/mol. The Kier molecular flexibility index (Phi) is 2.39. The fourth-order valence-electron chi connectivity index (χ4n) is 2.64. The van der Waals surface area contributed by atoms with Crippen molar-refractivity contribution in [2.45, 2.75) is 25.6 Å². The summed E-state index contributed by atoms with van der Waals surface area (Å²) in [7, 11) is 0. The molecule has 98 valence electrons. The first kappa shape index (κ1) is 11.8. The summed E-state index contributed by atoms with van der Waals surface area (Å²) < 4.78 is 39.1. The van der Waals surface area contributed by atoms with E-state index in [0.717, 1.165) is 25.9 Å². The molecule has 2 nitrogen and oxygen atoms in total. The summed E-state index contributed by atoms with van der Waals surface area (Å²) in [6.45, 7) is 1.66. The van der Waals surface area contributed by atoms with Gasteiger partial charge in [0, 0.05) is 30.7 Å². The molecule has 0 atom stereocenters. The minimum atomic E-state index is -4.31. The van der Waals surface area contributed by atoms with E-state index in [2.05, 4.69) is 0 Å². The van der Waals surface area contributed by atoms with E-state index in [9.17, 15) is 13.2 Å². The molecule has 2 aliphatic rings. The maximum Gasteiger partial charge on any atom is 0.418 e. The monoisotopic (exact) mass is 256 g/mol. The van der Waals surface area contributed by atoms with Crippen molar-refractivity contribution in [1.29, 1.82) is 0 Å². The van der Waals surface area contributed by atoms with Crippen molar-refractivity contribution in [2.75, 3.05) is 18.0 Å². The molecule has 1 saturated heterocycles. The number of halogens is 3. The Morgan fingerprint density at radius 3 is 2.39 bits per heavy atom. The molecule has 0 bridgehead atoms. The highest BCUT2D eigenvalue weighted by molar-refractivity contribution is 5.59. The summed E-state index contributed by atoms with van der Waals surface area (Å²) in [5, 5.41) is 0. The smallest absolute Gasteiger partial charge is 0.370 e. The third kappa shape index (κ3) is 1.86. The lowest BCUT2D eigenvalue weighted by Crippen LogP contribution is -2.49. The number of nitrogens with zero attached hydrogens (tertiary/aromatic N) is 1. The van der Waals surface area contributed by atoms with Crippen molar-refractivity contribution in [1.82, 2.24) is 0 Å². The Labute approximate surface area is 104 Å². The van der Waals surface area contributed by atoms with Crippen LogP contribution in [0.1, 0.15) is 24.0 Å². The summed E-state index contributed by atoms with van der Waals surface area (Å²) in [5.41, 5.74) is 6.02. The number of rotatable bonds is 2. The highest BCUT2D eigenvalue weighted by atomic mass is 19.4. The van der Waals surface area contributed by atoms with Crippen LogP contribution in [0, 0.1) is 5.41 Å². The minimum Gasteiger partial charge on any atom is -0.370 e. The van der Waals surface area contributed by atoms with Gasteiger partial charge in [0.05, 0.1) is 5.56 Å². The molecule has 1 aliphatic carbocycles. The van der Waals surface area contributed by atoms with Gasteiger partial charge >= 0.3 is 6.18 Å². The van der Waals surface area contributed by atoms with Crippen molar-refractivity contribution in [3.05, 3.63) is 29.3 Å². The maximum absolute atomic E-state index is 13.0. The number of hydrogen-bond donors (Lipinski definition) is 1. The molecule has 1 spiro atoms. The topological polar surface area (TPSA) is 29.3 Å². The van der Waals surface area contributed by atoms with Crippen molar-refractivity contribution in [3.8, 4) is 0 Å². The lowest BCUT2D eigenvalue weighted by molar-refractivity contribution is -0.137. The summed E-state index contributed by atoms with van der Waals surface area (Å²) in [6.07, 6.45) is -2.00. The molecule has 1 saturated carbocycles. The lowest BCUT2D eigenvalue weighted by Gasteiger charge is -2.43. The van der Waals surface area contributed by atoms with Crippen molar-refractivity contribution >= 4 is 5.69 Å². The van der Waals surface area contributed by atoms with Gasteiger partial charge in [0.25, 0.3) is 0 Å². The Balaban J connectivity index is 1.92. The van der Waals surface area contributed by atoms with Crippen LogP contribution in [0.5, 0.6) is 0 Å². The molecular weight excluding hydrogens is 241 g/mol. The van der Waals surface area contributed by atoms with Gasteiger partial charge in [-0.25, -0.2) is 0 Å². The molecule has 1 aromatic carbocycles. The molecule has 0 aromatic heterocycles. The van der Waals surface area contributed by atoms with Gasteiger partial charge in [-0.1, -0.05) is 6.07 Å². The van der Waals surface area contributed by atoms with Gasteiger partial charge in [-0.2, -0.15) is 13.2 Å². The molecule has 1 aromatic rings. The number of nitrogens with two attached hydrogens (primary N) is 1. The second-order valence-corrected chi connectivity index (χ2v) is 5.41. The van der Waals surface area contributed by atoms with Crippen LogP contribution in [0.4, 0.5) is 18.9 Å². The third-order valence-electron chi connectivity index (χ3n) is 3.95. The van der Waals surface area contributed by atoms with Crippen LogP contribution in [-0.2, 0) is 12.7 Å². The van der Waals surface area contributed by atoms with Gasteiger partial charge in [0.15, 0.2) is 0 Å². The molecule has 1 heterocycles. The average Bonchev–Trinajstić information content (AvgIpc) is 3.05. The summed E-state index contributed by atoms with van der Waals surface area (Å²) in [4.78, 5) is 1.83. The second-order valence-electron chi connectivity index (χ2n) is 5.41. The number of anilines is 1. The normalized spacial score (nSPS) is 21.0. The number of benzene rings is 1. The fraction of sp³-hybridized carbons (Fsp3) is 0.538. The zero-order valence-electron chi connectivity index (χ0n) is 9.93. The first-order chi connectivity index (χ1) is 8.43. The number of alkyl halides is 3. The standard InChI is InChI=1S/C13H15F3N2/c14-13(15,16)10-5-9(6-17)1-2-11(10)18-7-12(8-18)3-4-12/h1-2,5H,3-4,6-8,17H2. The zero-order valence-corrected chi connectivity index (χ0v) is 9.93. The van der Waals surface area contributed by atoms with E-state index in [0.29, 0.717) is 16.7 Å². The molecular formula is C13H15F3N2. The maximum atomic E-state index is 13.0. The van der Waals surface area contributed by atoms with Crippen LogP contribution in [-0.4, -0.2) is 13.1 Å². The SMILES string of the molecule is NCc1ccc(N2CC3(CC3)C2)c(C(F)(F)F)c1. The van der Waals surface area contributed by atoms with E-state index in [1.54, 1.807) is 12.1 Å². The first-order valence-electron chi connectivity index (χ1n) is 6.09. The van der Waals surface area contributed by atoms with Gasteiger partial charge in [-0.15, -0.1) is 0 Å². The van der Waals surface area contributed by atoms with Gasteiger partial charge in [0.2, 0.25) is 0 Å². The predicted octanol–water partition coefficient (Wildman–Crippen LogP) is 2.76. The Bertz CT molecular complexity index is 470. The summed E-state index contributed by atoms with van der Waals surface area (Å²) in [6, 6.07) is 4.41. The van der Waals surface area contributed by atoms with Gasteiger partial charge in [-0.3, -0.25) is 0 Å². The highest BCUT2D eigenvalue weighted by Gasteiger charge is 2.53. The highest BCUT2D eigenvalue weighted by Crippen LogP contribution is 2.55. The van der Waals surface area contributed by atoms with Crippen molar-refractivity contribution in [3.63, 3.8) is 0 Å².